The smallest absolute Gasteiger partial charge is 0.218 e. The molecule has 0 bridgehead atoms. The SMILES string of the molecule is CC1(CNCCC(N)=O)CCOCC1. The van der Waals surface area contributed by atoms with Crippen LogP contribution in [0.2, 0.25) is 0 Å². The van der Waals surface area contributed by atoms with Crippen LogP contribution < -0.4 is 11.1 Å². The highest BCUT2D eigenvalue weighted by Gasteiger charge is 2.26. The monoisotopic (exact) mass is 200 g/mol. The third-order valence-corrected chi connectivity index (χ3v) is 2.80. The van der Waals surface area contributed by atoms with E-state index in [-0.39, 0.29) is 5.91 Å². The number of amides is 1. The van der Waals surface area contributed by atoms with E-state index in [1.54, 1.807) is 0 Å². The van der Waals surface area contributed by atoms with Crippen molar-refractivity contribution in [1.29, 1.82) is 0 Å². The molecular weight excluding hydrogens is 180 g/mol. The molecule has 1 aliphatic rings. The summed E-state index contributed by atoms with van der Waals surface area (Å²) in [6, 6.07) is 0. The molecule has 1 fully saturated rings. The molecule has 0 atom stereocenters. The van der Waals surface area contributed by atoms with E-state index in [9.17, 15) is 4.79 Å². The summed E-state index contributed by atoms with van der Waals surface area (Å²) in [4.78, 5) is 10.5. The first-order valence-corrected chi connectivity index (χ1v) is 5.19. The Kier molecular flexibility index (Phi) is 4.35. The Morgan fingerprint density at radius 2 is 2.14 bits per heavy atom. The minimum atomic E-state index is -0.241. The van der Waals surface area contributed by atoms with Crippen LogP contribution in [-0.2, 0) is 9.53 Å². The molecule has 4 heteroatoms. The van der Waals surface area contributed by atoms with Crippen molar-refractivity contribution in [2.75, 3.05) is 26.3 Å². The average molecular weight is 200 g/mol. The van der Waals surface area contributed by atoms with Crippen LogP contribution in [0, 0.1) is 5.41 Å². The van der Waals surface area contributed by atoms with Crippen molar-refractivity contribution in [1.82, 2.24) is 5.32 Å². The normalized spacial score (nSPS) is 20.6. The van der Waals surface area contributed by atoms with Gasteiger partial charge in [-0.25, -0.2) is 0 Å². The molecule has 1 saturated heterocycles. The first-order valence-electron chi connectivity index (χ1n) is 5.19. The lowest BCUT2D eigenvalue weighted by molar-refractivity contribution is -0.117. The van der Waals surface area contributed by atoms with Gasteiger partial charge in [0.1, 0.15) is 0 Å². The lowest BCUT2D eigenvalue weighted by Crippen LogP contribution is -2.37. The number of ether oxygens (including phenoxy) is 1. The quantitative estimate of drug-likeness (QED) is 0.626. The van der Waals surface area contributed by atoms with Crippen LogP contribution in [0.1, 0.15) is 26.2 Å². The topological polar surface area (TPSA) is 64.3 Å². The van der Waals surface area contributed by atoms with Crippen molar-refractivity contribution >= 4 is 5.91 Å². The third kappa shape index (κ3) is 4.07. The van der Waals surface area contributed by atoms with Gasteiger partial charge in [0.2, 0.25) is 5.91 Å². The fourth-order valence-electron chi connectivity index (χ4n) is 1.64. The van der Waals surface area contributed by atoms with Crippen molar-refractivity contribution in [2.24, 2.45) is 11.1 Å². The molecule has 0 aliphatic carbocycles. The molecule has 1 aliphatic heterocycles. The lowest BCUT2D eigenvalue weighted by atomic mass is 9.82. The number of nitrogens with one attached hydrogen (secondary N) is 1. The van der Waals surface area contributed by atoms with Gasteiger partial charge in [0.15, 0.2) is 0 Å². The van der Waals surface area contributed by atoms with Crippen LogP contribution in [0.4, 0.5) is 0 Å². The molecule has 0 saturated carbocycles. The fraction of sp³-hybridized carbons (Fsp3) is 0.900. The Morgan fingerprint density at radius 3 is 2.71 bits per heavy atom. The molecule has 14 heavy (non-hydrogen) atoms. The van der Waals surface area contributed by atoms with Gasteiger partial charge in [-0.1, -0.05) is 6.92 Å². The van der Waals surface area contributed by atoms with Crippen LogP contribution >= 0.6 is 0 Å². The summed E-state index contributed by atoms with van der Waals surface area (Å²) >= 11 is 0. The summed E-state index contributed by atoms with van der Waals surface area (Å²) in [6.07, 6.45) is 2.61. The number of carbonyl (C=O) groups is 1. The molecular formula is C10H20N2O2. The molecule has 0 aromatic heterocycles. The first kappa shape index (κ1) is 11.5. The van der Waals surface area contributed by atoms with E-state index in [0.717, 1.165) is 32.6 Å². The van der Waals surface area contributed by atoms with Crippen LogP contribution in [0.15, 0.2) is 0 Å². The number of hydrogen-bond acceptors (Lipinski definition) is 3. The van der Waals surface area contributed by atoms with Crippen LogP contribution in [0.3, 0.4) is 0 Å². The molecule has 1 rings (SSSR count). The summed E-state index contributed by atoms with van der Waals surface area (Å²) in [7, 11) is 0. The largest absolute Gasteiger partial charge is 0.381 e. The molecule has 4 nitrogen and oxygen atoms in total. The van der Waals surface area contributed by atoms with Gasteiger partial charge >= 0.3 is 0 Å². The summed E-state index contributed by atoms with van der Waals surface area (Å²) in [5.74, 6) is -0.241. The molecule has 0 aromatic carbocycles. The molecule has 1 amide bonds. The lowest BCUT2D eigenvalue weighted by Gasteiger charge is -2.33. The standard InChI is InChI=1S/C10H20N2O2/c1-10(3-6-14-7-4-10)8-12-5-2-9(11)13/h12H,2-8H2,1H3,(H2,11,13). The Balaban J connectivity index is 2.12. The van der Waals surface area contributed by atoms with Gasteiger partial charge in [-0.3, -0.25) is 4.79 Å². The maximum absolute atomic E-state index is 10.5. The van der Waals surface area contributed by atoms with E-state index in [1.807, 2.05) is 0 Å². The summed E-state index contributed by atoms with van der Waals surface area (Å²) < 4.78 is 5.31. The average Bonchev–Trinajstić information content (AvgIpc) is 2.14. The van der Waals surface area contributed by atoms with Crippen LogP contribution in [-0.4, -0.2) is 32.2 Å². The van der Waals surface area contributed by atoms with Crippen molar-refractivity contribution in [2.45, 2.75) is 26.2 Å². The number of primary amides is 1. The molecule has 0 aromatic rings. The first-order chi connectivity index (χ1) is 6.62. The Hall–Kier alpha value is -0.610. The Labute approximate surface area is 85.2 Å². The van der Waals surface area contributed by atoms with E-state index in [1.165, 1.54) is 0 Å². The van der Waals surface area contributed by atoms with E-state index in [4.69, 9.17) is 10.5 Å². The summed E-state index contributed by atoms with van der Waals surface area (Å²) in [6.45, 7) is 5.60. The second-order valence-electron chi connectivity index (χ2n) is 4.32. The zero-order chi connectivity index (χ0) is 10.4. The van der Waals surface area contributed by atoms with Gasteiger partial charge in [0.25, 0.3) is 0 Å². The predicted molar refractivity (Wildman–Crippen MR) is 54.8 cm³/mol. The molecule has 0 radical (unpaired) electrons. The van der Waals surface area contributed by atoms with Crippen LogP contribution in [0.25, 0.3) is 0 Å². The zero-order valence-electron chi connectivity index (χ0n) is 8.84. The van der Waals surface area contributed by atoms with Crippen molar-refractivity contribution in [3.63, 3.8) is 0 Å². The summed E-state index contributed by atoms with van der Waals surface area (Å²) in [5, 5.41) is 3.27. The number of nitrogens with two attached hydrogens (primary N) is 1. The second kappa shape index (κ2) is 5.32. The summed E-state index contributed by atoms with van der Waals surface area (Å²) in [5.41, 5.74) is 5.37. The van der Waals surface area contributed by atoms with Gasteiger partial charge in [-0.15, -0.1) is 0 Å². The van der Waals surface area contributed by atoms with Crippen LogP contribution in [0.5, 0.6) is 0 Å². The maximum Gasteiger partial charge on any atom is 0.218 e. The maximum atomic E-state index is 10.5. The van der Waals surface area contributed by atoms with Gasteiger partial charge in [0, 0.05) is 32.7 Å². The second-order valence-corrected chi connectivity index (χ2v) is 4.32. The Morgan fingerprint density at radius 1 is 1.50 bits per heavy atom. The molecule has 3 N–H and O–H groups in total. The third-order valence-electron chi connectivity index (χ3n) is 2.80. The minimum Gasteiger partial charge on any atom is -0.381 e. The van der Waals surface area contributed by atoms with Gasteiger partial charge in [-0.05, 0) is 18.3 Å². The molecule has 1 heterocycles. The van der Waals surface area contributed by atoms with Gasteiger partial charge < -0.3 is 15.8 Å². The predicted octanol–water partition coefficient (Wildman–Crippen LogP) is 0.268. The number of rotatable bonds is 5. The van der Waals surface area contributed by atoms with E-state index < -0.39 is 0 Å². The highest BCUT2D eigenvalue weighted by atomic mass is 16.5. The van der Waals surface area contributed by atoms with E-state index in [0.29, 0.717) is 18.4 Å². The highest BCUT2D eigenvalue weighted by Crippen LogP contribution is 2.28. The van der Waals surface area contributed by atoms with Crippen molar-refractivity contribution in [3.05, 3.63) is 0 Å². The van der Waals surface area contributed by atoms with E-state index >= 15 is 0 Å². The van der Waals surface area contributed by atoms with Crippen molar-refractivity contribution < 1.29 is 9.53 Å². The highest BCUT2D eigenvalue weighted by molar-refractivity contribution is 5.73. The molecule has 82 valence electrons. The zero-order valence-corrected chi connectivity index (χ0v) is 8.84. The minimum absolute atomic E-state index is 0.241. The van der Waals surface area contributed by atoms with Crippen molar-refractivity contribution in [3.8, 4) is 0 Å². The molecule has 0 unspecified atom stereocenters. The van der Waals surface area contributed by atoms with Gasteiger partial charge in [0.05, 0.1) is 0 Å². The Bertz CT molecular complexity index is 189. The molecule has 0 spiro atoms. The van der Waals surface area contributed by atoms with Gasteiger partial charge in [-0.2, -0.15) is 0 Å². The number of hydrogen-bond donors (Lipinski definition) is 2. The van der Waals surface area contributed by atoms with E-state index in [2.05, 4.69) is 12.2 Å². The fourth-order valence-corrected chi connectivity index (χ4v) is 1.64. The number of carbonyl (C=O) groups excluding carboxylic acids is 1.